The number of anilines is 1. The number of carbonyl (C=O) groups excluding carboxylic acids is 1. The van der Waals surface area contributed by atoms with E-state index in [1.165, 1.54) is 0 Å². The molecule has 0 unspecified atom stereocenters. The molecule has 0 aliphatic heterocycles. The van der Waals surface area contributed by atoms with Gasteiger partial charge in [-0.2, -0.15) is 5.26 Å². The topological polar surface area (TPSA) is 52.9 Å². The molecule has 3 aromatic rings. The van der Waals surface area contributed by atoms with E-state index in [9.17, 15) is 10.1 Å². The maximum Gasteiger partial charge on any atom is 0.266 e. The fourth-order valence-corrected chi connectivity index (χ4v) is 2.39. The van der Waals surface area contributed by atoms with E-state index in [1.807, 2.05) is 78.9 Å². The summed E-state index contributed by atoms with van der Waals surface area (Å²) < 4.78 is 0. The number of rotatable bonds is 3. The third-order valence-electron chi connectivity index (χ3n) is 3.51. The van der Waals surface area contributed by atoms with E-state index in [0.29, 0.717) is 5.69 Å². The maximum absolute atomic E-state index is 12.4. The van der Waals surface area contributed by atoms with E-state index < -0.39 is 5.91 Å². The van der Waals surface area contributed by atoms with Crippen molar-refractivity contribution in [3.63, 3.8) is 0 Å². The van der Waals surface area contributed by atoms with E-state index in [1.54, 1.807) is 6.08 Å². The van der Waals surface area contributed by atoms with Gasteiger partial charge in [-0.3, -0.25) is 4.79 Å². The Bertz CT molecular complexity index is 916. The largest absolute Gasteiger partial charge is 0.321 e. The van der Waals surface area contributed by atoms with Crippen LogP contribution in [0.2, 0.25) is 0 Å². The standard InChI is InChI=1S/C20H14N2O/c21-14-17(13-15-7-2-1-3-8-15)20(23)22-19-12-6-10-16-9-4-5-11-18(16)19/h1-13H,(H,22,23)/b17-13+. The second kappa shape index (κ2) is 6.59. The Morgan fingerprint density at radius 2 is 1.61 bits per heavy atom. The number of fused-ring (bicyclic) bond motifs is 1. The van der Waals surface area contributed by atoms with Gasteiger partial charge in [0.2, 0.25) is 0 Å². The summed E-state index contributed by atoms with van der Waals surface area (Å²) in [5.41, 5.74) is 1.59. The molecule has 0 saturated carbocycles. The molecule has 0 bridgehead atoms. The van der Waals surface area contributed by atoms with E-state index in [4.69, 9.17) is 0 Å². The van der Waals surface area contributed by atoms with Crippen molar-refractivity contribution in [2.45, 2.75) is 0 Å². The van der Waals surface area contributed by atoms with Gasteiger partial charge in [0.05, 0.1) is 0 Å². The summed E-state index contributed by atoms with van der Waals surface area (Å²) in [4.78, 5) is 12.4. The Hall–Kier alpha value is -3.38. The van der Waals surface area contributed by atoms with Crippen LogP contribution in [0.5, 0.6) is 0 Å². The molecule has 0 aliphatic rings. The highest BCUT2D eigenvalue weighted by Crippen LogP contribution is 2.23. The molecule has 110 valence electrons. The van der Waals surface area contributed by atoms with Crippen LogP contribution >= 0.6 is 0 Å². The molecule has 1 N–H and O–H groups in total. The van der Waals surface area contributed by atoms with E-state index >= 15 is 0 Å². The number of carbonyl (C=O) groups is 1. The van der Waals surface area contributed by atoms with Crippen LogP contribution in [0.3, 0.4) is 0 Å². The molecule has 3 heteroatoms. The van der Waals surface area contributed by atoms with Gasteiger partial charge >= 0.3 is 0 Å². The van der Waals surface area contributed by atoms with Gasteiger partial charge < -0.3 is 5.32 Å². The van der Waals surface area contributed by atoms with Crippen LogP contribution in [0.15, 0.2) is 78.4 Å². The normalized spacial score (nSPS) is 11.0. The second-order valence-electron chi connectivity index (χ2n) is 5.06. The van der Waals surface area contributed by atoms with E-state index in [2.05, 4.69) is 5.32 Å². The van der Waals surface area contributed by atoms with Crippen molar-refractivity contribution in [3.05, 3.63) is 83.9 Å². The summed E-state index contributed by atoms with van der Waals surface area (Å²) in [6, 6.07) is 24.8. The molecule has 0 fully saturated rings. The van der Waals surface area contributed by atoms with Gasteiger partial charge in [0.25, 0.3) is 5.91 Å². The molecular formula is C20H14N2O. The van der Waals surface area contributed by atoms with Crippen LogP contribution in [0.25, 0.3) is 16.8 Å². The second-order valence-corrected chi connectivity index (χ2v) is 5.06. The average Bonchev–Trinajstić information content (AvgIpc) is 2.61. The van der Waals surface area contributed by atoms with Crippen LogP contribution in [0.4, 0.5) is 5.69 Å². The Morgan fingerprint density at radius 1 is 0.913 bits per heavy atom. The first-order chi connectivity index (χ1) is 11.3. The van der Waals surface area contributed by atoms with Crippen molar-refractivity contribution < 1.29 is 4.79 Å². The minimum atomic E-state index is -0.410. The van der Waals surface area contributed by atoms with Crippen molar-refractivity contribution in [2.24, 2.45) is 0 Å². The third-order valence-corrected chi connectivity index (χ3v) is 3.51. The van der Waals surface area contributed by atoms with Crippen LogP contribution < -0.4 is 5.32 Å². The van der Waals surface area contributed by atoms with Crippen molar-refractivity contribution in [1.82, 2.24) is 0 Å². The van der Waals surface area contributed by atoms with Gasteiger partial charge in [0.1, 0.15) is 11.6 Å². The fourth-order valence-electron chi connectivity index (χ4n) is 2.39. The lowest BCUT2D eigenvalue weighted by atomic mass is 10.1. The molecular weight excluding hydrogens is 284 g/mol. The highest BCUT2D eigenvalue weighted by Gasteiger charge is 2.11. The highest BCUT2D eigenvalue weighted by atomic mass is 16.1. The zero-order chi connectivity index (χ0) is 16.1. The van der Waals surface area contributed by atoms with E-state index in [-0.39, 0.29) is 5.57 Å². The molecule has 0 saturated heterocycles. The molecule has 1 amide bonds. The number of benzene rings is 3. The molecule has 0 atom stereocenters. The van der Waals surface area contributed by atoms with Crippen LogP contribution in [-0.2, 0) is 4.79 Å². The minimum Gasteiger partial charge on any atom is -0.321 e. The molecule has 0 aliphatic carbocycles. The lowest BCUT2D eigenvalue weighted by molar-refractivity contribution is -0.112. The third kappa shape index (κ3) is 3.28. The summed E-state index contributed by atoms with van der Waals surface area (Å²) in [6.07, 6.45) is 1.58. The first kappa shape index (κ1) is 14.6. The van der Waals surface area contributed by atoms with Crippen LogP contribution in [0.1, 0.15) is 5.56 Å². The number of hydrogen-bond acceptors (Lipinski definition) is 2. The van der Waals surface area contributed by atoms with Crippen molar-refractivity contribution in [2.75, 3.05) is 5.32 Å². The van der Waals surface area contributed by atoms with Crippen LogP contribution in [0, 0.1) is 11.3 Å². The van der Waals surface area contributed by atoms with Gasteiger partial charge in [0.15, 0.2) is 0 Å². The summed E-state index contributed by atoms with van der Waals surface area (Å²) in [6.45, 7) is 0. The molecule has 3 rings (SSSR count). The molecule has 23 heavy (non-hydrogen) atoms. The fraction of sp³-hybridized carbons (Fsp3) is 0. The predicted octanol–water partition coefficient (Wildman–Crippen LogP) is 4.39. The van der Waals surface area contributed by atoms with Gasteiger partial charge in [-0.05, 0) is 23.1 Å². The Labute approximate surface area is 134 Å². The zero-order valence-corrected chi connectivity index (χ0v) is 12.4. The monoisotopic (exact) mass is 298 g/mol. The summed E-state index contributed by atoms with van der Waals surface area (Å²) in [5.74, 6) is -0.410. The van der Waals surface area contributed by atoms with Crippen molar-refractivity contribution in [3.8, 4) is 6.07 Å². The predicted molar refractivity (Wildman–Crippen MR) is 92.6 cm³/mol. The quantitative estimate of drug-likeness (QED) is 0.576. The van der Waals surface area contributed by atoms with Gasteiger partial charge in [-0.25, -0.2) is 0 Å². The Balaban J connectivity index is 1.91. The van der Waals surface area contributed by atoms with Crippen LogP contribution in [-0.4, -0.2) is 5.91 Å². The zero-order valence-electron chi connectivity index (χ0n) is 12.4. The summed E-state index contributed by atoms with van der Waals surface area (Å²) in [7, 11) is 0. The average molecular weight is 298 g/mol. The van der Waals surface area contributed by atoms with Gasteiger partial charge in [0, 0.05) is 11.1 Å². The number of nitrogens with zero attached hydrogens (tertiary/aromatic N) is 1. The maximum atomic E-state index is 12.4. The summed E-state index contributed by atoms with van der Waals surface area (Å²) >= 11 is 0. The molecule has 0 aromatic heterocycles. The lowest BCUT2D eigenvalue weighted by Gasteiger charge is -2.08. The van der Waals surface area contributed by atoms with Crippen molar-refractivity contribution >= 4 is 28.4 Å². The molecule has 3 nitrogen and oxygen atoms in total. The van der Waals surface area contributed by atoms with Crippen molar-refractivity contribution in [1.29, 1.82) is 5.26 Å². The molecule has 3 aromatic carbocycles. The smallest absolute Gasteiger partial charge is 0.266 e. The summed E-state index contributed by atoms with van der Waals surface area (Å²) in [5, 5.41) is 14.1. The van der Waals surface area contributed by atoms with Gasteiger partial charge in [-0.1, -0.05) is 66.7 Å². The minimum absolute atomic E-state index is 0.0733. The van der Waals surface area contributed by atoms with E-state index in [0.717, 1.165) is 16.3 Å². The SMILES string of the molecule is N#C/C(=C\c1ccccc1)C(=O)Nc1cccc2ccccc12. The van der Waals surface area contributed by atoms with Gasteiger partial charge in [-0.15, -0.1) is 0 Å². The first-order valence-electron chi connectivity index (χ1n) is 7.24. The molecule has 0 radical (unpaired) electrons. The number of nitrogens with one attached hydrogen (secondary N) is 1. The molecule has 0 spiro atoms. The number of nitriles is 1. The Kier molecular flexibility index (Phi) is 4.17. The number of amides is 1. The lowest BCUT2D eigenvalue weighted by Crippen LogP contribution is -2.13. The Morgan fingerprint density at radius 3 is 2.39 bits per heavy atom. The first-order valence-corrected chi connectivity index (χ1v) is 7.24. The molecule has 0 heterocycles. The highest BCUT2D eigenvalue weighted by molar-refractivity contribution is 6.12. The number of hydrogen-bond donors (Lipinski definition) is 1.